The number of benzene rings is 2. The molecule has 1 unspecified atom stereocenters. The van der Waals surface area contributed by atoms with Gasteiger partial charge in [0.15, 0.2) is 0 Å². The molecule has 1 aliphatic rings. The molecule has 0 saturated carbocycles. The molecule has 3 rings (SSSR count). The molecule has 5 nitrogen and oxygen atoms in total. The van der Waals surface area contributed by atoms with Crippen molar-refractivity contribution >= 4 is 17.3 Å². The Morgan fingerprint density at radius 1 is 1.32 bits per heavy atom. The summed E-state index contributed by atoms with van der Waals surface area (Å²) in [5.74, 6) is 0.483. The smallest absolute Gasteiger partial charge is 0.271 e. The fourth-order valence-corrected chi connectivity index (χ4v) is 3.61. The van der Waals surface area contributed by atoms with Gasteiger partial charge < -0.3 is 4.74 Å². The SMILES string of the molecule is CN1CCCc2ccccc2C1CCOc1ccc([N+](=O)[O-])cc1Cl. The van der Waals surface area contributed by atoms with Gasteiger partial charge in [-0.15, -0.1) is 0 Å². The molecule has 0 aliphatic carbocycles. The van der Waals surface area contributed by atoms with E-state index >= 15 is 0 Å². The summed E-state index contributed by atoms with van der Waals surface area (Å²) < 4.78 is 5.80. The zero-order valence-electron chi connectivity index (χ0n) is 14.2. The molecule has 1 atom stereocenters. The van der Waals surface area contributed by atoms with E-state index in [0.717, 1.165) is 25.8 Å². The minimum atomic E-state index is -0.465. The number of nitro benzene ring substituents is 1. The van der Waals surface area contributed by atoms with Gasteiger partial charge in [-0.05, 0) is 43.6 Å². The molecular formula is C19H21ClN2O3. The van der Waals surface area contributed by atoms with Crippen LogP contribution in [0.25, 0.3) is 0 Å². The average molecular weight is 361 g/mol. The number of aryl methyl sites for hydroxylation is 1. The molecule has 0 radical (unpaired) electrons. The third-order valence-corrected chi connectivity index (χ3v) is 4.97. The first kappa shape index (κ1) is 17.7. The van der Waals surface area contributed by atoms with Crippen LogP contribution in [0.1, 0.15) is 30.0 Å². The van der Waals surface area contributed by atoms with Gasteiger partial charge >= 0.3 is 0 Å². The Balaban J connectivity index is 1.68. The van der Waals surface area contributed by atoms with Crippen molar-refractivity contribution in [1.82, 2.24) is 4.90 Å². The molecule has 25 heavy (non-hydrogen) atoms. The fraction of sp³-hybridized carbons (Fsp3) is 0.368. The molecule has 0 saturated heterocycles. The lowest BCUT2D eigenvalue weighted by Crippen LogP contribution is -2.26. The number of hydrogen-bond donors (Lipinski definition) is 0. The number of non-ortho nitro benzene ring substituents is 1. The van der Waals surface area contributed by atoms with Crippen molar-refractivity contribution in [1.29, 1.82) is 0 Å². The van der Waals surface area contributed by atoms with Crippen LogP contribution in [0.2, 0.25) is 5.02 Å². The Hall–Kier alpha value is -2.11. The molecular weight excluding hydrogens is 340 g/mol. The molecule has 0 spiro atoms. The van der Waals surface area contributed by atoms with Gasteiger partial charge in [0, 0.05) is 24.6 Å². The van der Waals surface area contributed by atoms with E-state index in [1.807, 2.05) is 0 Å². The molecule has 132 valence electrons. The molecule has 6 heteroatoms. The monoisotopic (exact) mass is 360 g/mol. The molecule has 0 bridgehead atoms. The molecule has 1 heterocycles. The summed E-state index contributed by atoms with van der Waals surface area (Å²) in [5.41, 5.74) is 2.74. The summed E-state index contributed by atoms with van der Waals surface area (Å²) in [5, 5.41) is 11.0. The van der Waals surface area contributed by atoms with E-state index in [1.54, 1.807) is 6.07 Å². The summed E-state index contributed by atoms with van der Waals surface area (Å²) in [4.78, 5) is 12.7. The van der Waals surface area contributed by atoms with Gasteiger partial charge in [-0.25, -0.2) is 0 Å². The Labute approximate surface area is 152 Å². The van der Waals surface area contributed by atoms with E-state index in [-0.39, 0.29) is 10.7 Å². The lowest BCUT2D eigenvalue weighted by molar-refractivity contribution is -0.384. The van der Waals surface area contributed by atoms with Crippen LogP contribution in [0, 0.1) is 10.1 Å². The largest absolute Gasteiger partial charge is 0.492 e. The first-order valence-corrected chi connectivity index (χ1v) is 8.79. The third-order valence-electron chi connectivity index (χ3n) is 4.68. The molecule has 1 aliphatic heterocycles. The minimum absolute atomic E-state index is 0.0326. The molecule has 0 aromatic heterocycles. The summed E-state index contributed by atoms with van der Waals surface area (Å²) in [6.07, 6.45) is 3.09. The number of rotatable bonds is 5. The van der Waals surface area contributed by atoms with Crippen LogP contribution in [-0.4, -0.2) is 30.0 Å². The van der Waals surface area contributed by atoms with Gasteiger partial charge in [0.1, 0.15) is 5.75 Å². The third kappa shape index (κ3) is 4.11. The quantitative estimate of drug-likeness (QED) is 0.576. The summed E-state index contributed by atoms with van der Waals surface area (Å²) >= 11 is 6.09. The highest BCUT2D eigenvalue weighted by atomic mass is 35.5. The van der Waals surface area contributed by atoms with E-state index in [1.165, 1.54) is 23.3 Å². The van der Waals surface area contributed by atoms with Gasteiger partial charge in [0.25, 0.3) is 5.69 Å². The van der Waals surface area contributed by atoms with Crippen LogP contribution in [0.15, 0.2) is 42.5 Å². The van der Waals surface area contributed by atoms with E-state index in [9.17, 15) is 10.1 Å². The maximum absolute atomic E-state index is 10.8. The summed E-state index contributed by atoms with van der Waals surface area (Å²) in [6.45, 7) is 1.55. The first-order valence-electron chi connectivity index (χ1n) is 8.41. The number of nitrogens with zero attached hydrogens (tertiary/aromatic N) is 2. The lowest BCUT2D eigenvalue weighted by Gasteiger charge is -2.27. The predicted molar refractivity (Wildman–Crippen MR) is 98.4 cm³/mol. The molecule has 0 amide bonds. The van der Waals surface area contributed by atoms with Crippen molar-refractivity contribution in [2.24, 2.45) is 0 Å². The van der Waals surface area contributed by atoms with Gasteiger partial charge in [0.2, 0.25) is 0 Å². The highest BCUT2D eigenvalue weighted by molar-refractivity contribution is 6.32. The molecule has 2 aromatic rings. The van der Waals surface area contributed by atoms with Gasteiger partial charge in [-0.2, -0.15) is 0 Å². The van der Waals surface area contributed by atoms with Crippen LogP contribution in [0.3, 0.4) is 0 Å². The van der Waals surface area contributed by atoms with E-state index in [0.29, 0.717) is 18.4 Å². The second kappa shape index (κ2) is 7.85. The van der Waals surface area contributed by atoms with Gasteiger partial charge in [-0.1, -0.05) is 35.9 Å². The second-order valence-electron chi connectivity index (χ2n) is 6.31. The predicted octanol–water partition coefficient (Wildman–Crippen LogP) is 4.64. The Kier molecular flexibility index (Phi) is 5.56. The maximum Gasteiger partial charge on any atom is 0.271 e. The minimum Gasteiger partial charge on any atom is -0.492 e. The van der Waals surface area contributed by atoms with E-state index in [2.05, 4.69) is 36.2 Å². The number of hydrogen-bond acceptors (Lipinski definition) is 4. The zero-order valence-corrected chi connectivity index (χ0v) is 14.9. The maximum atomic E-state index is 10.8. The van der Waals surface area contributed by atoms with Gasteiger partial charge in [0.05, 0.1) is 16.6 Å². The van der Waals surface area contributed by atoms with E-state index in [4.69, 9.17) is 16.3 Å². The topological polar surface area (TPSA) is 55.6 Å². The van der Waals surface area contributed by atoms with Crippen LogP contribution in [0.4, 0.5) is 5.69 Å². The summed E-state index contributed by atoms with van der Waals surface area (Å²) in [7, 11) is 2.14. The van der Waals surface area contributed by atoms with Crippen LogP contribution < -0.4 is 4.74 Å². The van der Waals surface area contributed by atoms with Crippen molar-refractivity contribution in [3.63, 3.8) is 0 Å². The Morgan fingerprint density at radius 3 is 2.88 bits per heavy atom. The second-order valence-corrected chi connectivity index (χ2v) is 6.71. The summed E-state index contributed by atoms with van der Waals surface area (Å²) in [6, 6.07) is 13.2. The van der Waals surface area contributed by atoms with Crippen LogP contribution >= 0.6 is 11.6 Å². The van der Waals surface area contributed by atoms with Crippen LogP contribution in [0.5, 0.6) is 5.75 Å². The number of halogens is 1. The zero-order chi connectivity index (χ0) is 17.8. The number of nitro groups is 1. The highest BCUT2D eigenvalue weighted by Crippen LogP contribution is 2.32. The Bertz CT molecular complexity index is 766. The van der Waals surface area contributed by atoms with Gasteiger partial charge in [-0.3, -0.25) is 15.0 Å². The average Bonchev–Trinajstić information content (AvgIpc) is 2.75. The van der Waals surface area contributed by atoms with Crippen molar-refractivity contribution in [2.75, 3.05) is 20.2 Å². The number of ether oxygens (including phenoxy) is 1. The lowest BCUT2D eigenvalue weighted by atomic mass is 9.97. The van der Waals surface area contributed by atoms with Crippen molar-refractivity contribution < 1.29 is 9.66 Å². The van der Waals surface area contributed by atoms with Crippen molar-refractivity contribution in [2.45, 2.75) is 25.3 Å². The normalized spacial score (nSPS) is 17.6. The fourth-order valence-electron chi connectivity index (χ4n) is 3.38. The Morgan fingerprint density at radius 2 is 2.12 bits per heavy atom. The number of fused-ring (bicyclic) bond motifs is 1. The van der Waals surface area contributed by atoms with E-state index < -0.39 is 4.92 Å². The standard InChI is InChI=1S/C19H21ClN2O3/c1-21-11-4-6-14-5-2-3-7-16(14)18(21)10-12-25-19-9-8-15(22(23)24)13-17(19)20/h2-3,5,7-9,13,18H,4,6,10-12H2,1H3. The van der Waals surface area contributed by atoms with Crippen molar-refractivity contribution in [3.8, 4) is 5.75 Å². The highest BCUT2D eigenvalue weighted by Gasteiger charge is 2.22. The first-order chi connectivity index (χ1) is 12.1. The van der Waals surface area contributed by atoms with Crippen LogP contribution in [-0.2, 0) is 6.42 Å². The molecule has 0 N–H and O–H groups in total. The van der Waals surface area contributed by atoms with Crippen molar-refractivity contribution in [3.05, 3.63) is 68.7 Å². The molecule has 2 aromatic carbocycles. The molecule has 0 fully saturated rings.